The fourth-order valence-corrected chi connectivity index (χ4v) is 2.96. The molecule has 0 N–H and O–H groups in total. The summed E-state index contributed by atoms with van der Waals surface area (Å²) in [6.45, 7) is 14.4. The standard InChI is InChI=1S/C17HN11O4/c1-20-15-16(21-2)25-14-12-10(22-7(4-18)8(5-19)23-12)6-3-9(27(29)30)17(28(31)32)26-11(6)13(14)24-15/h3H. The molecular formula is C17HN11O4. The largest absolute Gasteiger partial charge is 0.443 e. The molecule has 0 saturated heterocycles. The molecule has 0 aliphatic rings. The van der Waals surface area contributed by atoms with Gasteiger partial charge >= 0.3 is 11.5 Å². The van der Waals surface area contributed by atoms with Crippen LogP contribution in [0.5, 0.6) is 0 Å². The van der Waals surface area contributed by atoms with Gasteiger partial charge in [0.15, 0.2) is 11.4 Å². The van der Waals surface area contributed by atoms with E-state index in [-0.39, 0.29) is 38.7 Å². The monoisotopic (exact) mass is 423 g/mol. The van der Waals surface area contributed by atoms with Gasteiger partial charge in [0.1, 0.15) is 23.2 Å². The van der Waals surface area contributed by atoms with Crippen LogP contribution in [0.1, 0.15) is 11.4 Å². The summed E-state index contributed by atoms with van der Waals surface area (Å²) in [4.78, 5) is 46.8. The summed E-state index contributed by atoms with van der Waals surface area (Å²) in [7, 11) is 0. The van der Waals surface area contributed by atoms with Crippen LogP contribution >= 0.6 is 0 Å². The highest BCUT2D eigenvalue weighted by Crippen LogP contribution is 2.38. The number of hydrogen-bond donors (Lipinski definition) is 0. The Bertz CT molecular complexity index is 1610. The van der Waals surface area contributed by atoms with Gasteiger partial charge in [-0.15, -0.1) is 9.97 Å². The highest BCUT2D eigenvalue weighted by molar-refractivity contribution is 6.20. The van der Waals surface area contributed by atoms with Gasteiger partial charge in [-0.3, -0.25) is 10.1 Å². The topological polar surface area (TPSA) is 207 Å². The van der Waals surface area contributed by atoms with Gasteiger partial charge in [0.2, 0.25) is 11.0 Å². The van der Waals surface area contributed by atoms with E-state index in [4.69, 9.17) is 13.1 Å². The molecule has 3 heterocycles. The van der Waals surface area contributed by atoms with E-state index in [2.05, 4.69) is 34.6 Å². The molecule has 0 radical (unpaired) electrons. The third-order valence-electron chi connectivity index (χ3n) is 4.24. The van der Waals surface area contributed by atoms with Crippen LogP contribution in [-0.4, -0.2) is 34.8 Å². The van der Waals surface area contributed by atoms with Crippen molar-refractivity contribution < 1.29 is 9.85 Å². The lowest BCUT2D eigenvalue weighted by molar-refractivity contribution is -0.425. The first-order chi connectivity index (χ1) is 15.3. The van der Waals surface area contributed by atoms with Crippen LogP contribution in [-0.2, 0) is 0 Å². The van der Waals surface area contributed by atoms with Crippen LogP contribution in [0.15, 0.2) is 6.07 Å². The van der Waals surface area contributed by atoms with Gasteiger partial charge < -0.3 is 19.8 Å². The molecule has 0 aliphatic carbocycles. The number of aromatic nitrogens is 5. The predicted octanol–water partition coefficient (Wildman–Crippen LogP) is 2.78. The molecule has 4 rings (SSSR count). The Morgan fingerprint density at radius 1 is 0.781 bits per heavy atom. The molecule has 148 valence electrons. The Morgan fingerprint density at radius 3 is 1.72 bits per heavy atom. The second kappa shape index (κ2) is 6.84. The van der Waals surface area contributed by atoms with E-state index >= 15 is 0 Å². The maximum Gasteiger partial charge on any atom is 0.443 e. The summed E-state index contributed by atoms with van der Waals surface area (Å²) in [5.74, 6) is -1.93. The van der Waals surface area contributed by atoms with E-state index < -0.39 is 38.7 Å². The third kappa shape index (κ3) is 2.61. The molecule has 15 heteroatoms. The van der Waals surface area contributed by atoms with Crippen LogP contribution in [0, 0.1) is 56.0 Å². The molecule has 0 amide bonds. The first-order valence-corrected chi connectivity index (χ1v) is 8.08. The van der Waals surface area contributed by atoms with Gasteiger partial charge in [-0.2, -0.15) is 10.5 Å². The maximum atomic E-state index is 11.4. The molecule has 0 spiro atoms. The molecule has 0 saturated carbocycles. The molecule has 0 atom stereocenters. The van der Waals surface area contributed by atoms with Gasteiger partial charge in [-0.05, 0) is 9.91 Å². The first kappa shape index (κ1) is 19.4. The van der Waals surface area contributed by atoms with E-state index in [0.717, 1.165) is 6.07 Å². The van der Waals surface area contributed by atoms with Gasteiger partial charge in [-0.25, -0.2) is 9.97 Å². The second-order valence-corrected chi connectivity index (χ2v) is 5.87. The average molecular weight is 423 g/mol. The number of pyridine rings is 1. The van der Waals surface area contributed by atoms with Crippen LogP contribution in [0.4, 0.5) is 23.1 Å². The molecule has 0 aliphatic heterocycles. The van der Waals surface area contributed by atoms with Gasteiger partial charge in [-0.1, -0.05) is 13.1 Å². The minimum Gasteiger partial charge on any atom is -0.370 e. The fourth-order valence-electron chi connectivity index (χ4n) is 2.96. The molecule has 3 aromatic heterocycles. The fraction of sp³-hybridized carbons (Fsp3) is 0. The molecule has 0 fully saturated rings. The van der Waals surface area contributed by atoms with Crippen molar-refractivity contribution in [1.29, 1.82) is 10.5 Å². The van der Waals surface area contributed by atoms with Crippen LogP contribution in [0.2, 0.25) is 0 Å². The molecular weight excluding hydrogens is 422 g/mol. The molecule has 0 unspecified atom stereocenters. The summed E-state index contributed by atoms with van der Waals surface area (Å²) in [6, 6.07) is 4.19. The zero-order valence-electron chi connectivity index (χ0n) is 15.1. The van der Waals surface area contributed by atoms with Crippen molar-refractivity contribution in [2.24, 2.45) is 0 Å². The van der Waals surface area contributed by atoms with Crippen LogP contribution in [0.25, 0.3) is 42.7 Å². The lowest BCUT2D eigenvalue weighted by Crippen LogP contribution is -2.03. The van der Waals surface area contributed by atoms with E-state index in [1.165, 1.54) is 0 Å². The van der Waals surface area contributed by atoms with Crippen molar-refractivity contribution in [3.05, 3.63) is 60.5 Å². The number of benzene rings is 1. The number of nitro groups is 2. The minimum absolute atomic E-state index is 0.140. The van der Waals surface area contributed by atoms with Gasteiger partial charge in [0.25, 0.3) is 17.2 Å². The number of hydrogen-bond acceptors (Lipinski definition) is 11. The number of nitriles is 2. The quantitative estimate of drug-likeness (QED) is 0.198. The summed E-state index contributed by atoms with van der Waals surface area (Å²) >= 11 is 0. The SMILES string of the molecule is [C-]#[N+]c1nc2c3nc([N+](=O)[O-])c([N+](=O)[O-])cc3c3nc(C#N)c(C#N)nc3c2nc1[N+]#[C-]. The van der Waals surface area contributed by atoms with Crippen molar-refractivity contribution in [1.82, 2.24) is 24.9 Å². The van der Waals surface area contributed by atoms with E-state index in [1.54, 1.807) is 12.1 Å². The van der Waals surface area contributed by atoms with Crippen molar-refractivity contribution >= 4 is 56.1 Å². The summed E-state index contributed by atoms with van der Waals surface area (Å²) in [5.41, 5.74) is -2.73. The molecule has 15 nitrogen and oxygen atoms in total. The Balaban J connectivity index is 2.41. The number of fused-ring (bicyclic) bond motifs is 6. The predicted molar refractivity (Wildman–Crippen MR) is 103 cm³/mol. The highest BCUT2D eigenvalue weighted by Gasteiger charge is 2.33. The smallest absolute Gasteiger partial charge is 0.370 e. The van der Waals surface area contributed by atoms with Crippen molar-refractivity contribution in [3.8, 4) is 12.1 Å². The second-order valence-electron chi connectivity index (χ2n) is 5.87. The van der Waals surface area contributed by atoms with Crippen molar-refractivity contribution in [3.63, 3.8) is 0 Å². The lowest BCUT2D eigenvalue weighted by atomic mass is 10.1. The Kier molecular flexibility index (Phi) is 4.15. The lowest BCUT2D eigenvalue weighted by Gasteiger charge is -2.04. The average Bonchev–Trinajstić information content (AvgIpc) is 2.81. The normalized spacial score (nSPS) is 10.2. The highest BCUT2D eigenvalue weighted by atomic mass is 16.6. The summed E-state index contributed by atoms with van der Waals surface area (Å²) in [5, 5.41) is 41.2. The zero-order valence-corrected chi connectivity index (χ0v) is 15.1. The molecule has 4 aromatic rings. The Hall–Kier alpha value is -5.93. The number of nitrogens with zero attached hydrogens (tertiary/aromatic N) is 11. The van der Waals surface area contributed by atoms with E-state index in [1.807, 2.05) is 0 Å². The van der Waals surface area contributed by atoms with Crippen molar-refractivity contribution in [2.45, 2.75) is 0 Å². The molecule has 0 bridgehead atoms. The van der Waals surface area contributed by atoms with E-state index in [0.29, 0.717) is 0 Å². The van der Waals surface area contributed by atoms with Crippen molar-refractivity contribution in [2.75, 3.05) is 0 Å². The van der Waals surface area contributed by atoms with Gasteiger partial charge in [0.05, 0.1) is 10.3 Å². The van der Waals surface area contributed by atoms with Crippen LogP contribution < -0.4 is 0 Å². The molecule has 1 aromatic carbocycles. The zero-order chi connectivity index (χ0) is 23.2. The first-order valence-electron chi connectivity index (χ1n) is 8.08. The maximum absolute atomic E-state index is 11.4. The minimum atomic E-state index is -1.09. The Morgan fingerprint density at radius 2 is 1.25 bits per heavy atom. The molecule has 32 heavy (non-hydrogen) atoms. The van der Waals surface area contributed by atoms with Gasteiger partial charge in [0, 0.05) is 6.07 Å². The Labute approximate surface area is 174 Å². The van der Waals surface area contributed by atoms with E-state index in [9.17, 15) is 30.8 Å². The van der Waals surface area contributed by atoms with Crippen LogP contribution in [0.3, 0.4) is 0 Å². The summed E-state index contributed by atoms with van der Waals surface area (Å²) in [6.07, 6.45) is 0. The number of rotatable bonds is 2. The summed E-state index contributed by atoms with van der Waals surface area (Å²) < 4.78 is 0. The third-order valence-corrected chi connectivity index (χ3v) is 4.24.